The van der Waals surface area contributed by atoms with Crippen molar-refractivity contribution < 1.29 is 9.47 Å². The quantitative estimate of drug-likeness (QED) is 0.447. The van der Waals surface area contributed by atoms with Gasteiger partial charge in [0.1, 0.15) is 5.75 Å². The van der Waals surface area contributed by atoms with Crippen LogP contribution in [0, 0.1) is 0 Å². The molecule has 2 rings (SSSR count). The average molecular weight is 236 g/mol. The zero-order valence-electron chi connectivity index (χ0n) is 10.2. The minimum absolute atomic E-state index is 0.146. The third-order valence-electron chi connectivity index (χ3n) is 3.07. The zero-order valence-corrected chi connectivity index (χ0v) is 10.2. The molecule has 3 N–H and O–H groups in total. The third kappa shape index (κ3) is 2.97. The maximum absolute atomic E-state index is 5.60. The fourth-order valence-electron chi connectivity index (χ4n) is 2.11. The highest BCUT2D eigenvalue weighted by Crippen LogP contribution is 2.28. The van der Waals surface area contributed by atoms with Crippen molar-refractivity contribution in [1.29, 1.82) is 0 Å². The van der Waals surface area contributed by atoms with Crippen LogP contribution in [-0.2, 0) is 11.2 Å². The van der Waals surface area contributed by atoms with E-state index >= 15 is 0 Å². The summed E-state index contributed by atoms with van der Waals surface area (Å²) in [6.45, 7) is 4.25. The molecule has 1 aliphatic heterocycles. The third-order valence-corrected chi connectivity index (χ3v) is 3.07. The topological polar surface area (TPSA) is 56.5 Å². The Labute approximate surface area is 102 Å². The number of nitrogens with one attached hydrogen (secondary N) is 1. The minimum Gasteiger partial charge on any atom is -0.493 e. The van der Waals surface area contributed by atoms with Gasteiger partial charge in [-0.1, -0.05) is 12.1 Å². The van der Waals surface area contributed by atoms with Crippen molar-refractivity contribution in [2.45, 2.75) is 25.8 Å². The molecule has 4 nitrogen and oxygen atoms in total. The van der Waals surface area contributed by atoms with Crippen LogP contribution in [0.2, 0.25) is 0 Å². The van der Waals surface area contributed by atoms with E-state index in [1.54, 1.807) is 0 Å². The molecule has 0 bridgehead atoms. The summed E-state index contributed by atoms with van der Waals surface area (Å²) in [6, 6.07) is 6.43. The molecule has 94 valence electrons. The second kappa shape index (κ2) is 6.00. The molecule has 1 aromatic rings. The van der Waals surface area contributed by atoms with Crippen LogP contribution in [-0.4, -0.2) is 19.8 Å². The van der Waals surface area contributed by atoms with E-state index in [2.05, 4.69) is 17.6 Å². The highest BCUT2D eigenvalue weighted by atomic mass is 16.5. The smallest absolute Gasteiger partial charge is 0.122 e. The van der Waals surface area contributed by atoms with Gasteiger partial charge in [0.15, 0.2) is 0 Å². The molecule has 0 fully saturated rings. The van der Waals surface area contributed by atoms with Gasteiger partial charge in [-0.2, -0.15) is 0 Å². The molecule has 17 heavy (non-hydrogen) atoms. The molecule has 0 amide bonds. The molecular formula is C13H20N2O2. The summed E-state index contributed by atoms with van der Waals surface area (Å²) in [5.74, 6) is 6.60. The molecule has 1 aromatic carbocycles. The lowest BCUT2D eigenvalue weighted by Crippen LogP contribution is -2.29. The number of hydrogen-bond donors (Lipinski definition) is 2. The van der Waals surface area contributed by atoms with Crippen molar-refractivity contribution >= 4 is 0 Å². The predicted octanol–water partition coefficient (Wildman–Crippen LogP) is 1.55. The van der Waals surface area contributed by atoms with Gasteiger partial charge in [0, 0.05) is 25.7 Å². The van der Waals surface area contributed by atoms with Gasteiger partial charge in [0.2, 0.25) is 0 Å². The lowest BCUT2D eigenvalue weighted by Gasteiger charge is -2.17. The maximum Gasteiger partial charge on any atom is 0.122 e. The second-order valence-electron chi connectivity index (χ2n) is 4.17. The summed E-state index contributed by atoms with van der Waals surface area (Å²) >= 11 is 0. The molecule has 1 atom stereocenters. The van der Waals surface area contributed by atoms with Crippen LogP contribution in [0.4, 0.5) is 0 Å². The number of rotatable bonds is 6. The molecular weight excluding hydrogens is 216 g/mol. The molecule has 0 radical (unpaired) electrons. The average Bonchev–Trinajstić information content (AvgIpc) is 2.82. The predicted molar refractivity (Wildman–Crippen MR) is 66.8 cm³/mol. The number of benzene rings is 1. The minimum atomic E-state index is 0.146. The SMILES string of the molecule is CCOCCC(NN)c1ccc2c(c1)CCO2. The first kappa shape index (κ1) is 12.4. The number of fused-ring (bicyclic) bond motifs is 1. The highest BCUT2D eigenvalue weighted by Gasteiger charge is 2.16. The fourth-order valence-corrected chi connectivity index (χ4v) is 2.11. The van der Waals surface area contributed by atoms with Gasteiger partial charge in [-0.15, -0.1) is 0 Å². The van der Waals surface area contributed by atoms with E-state index in [1.165, 1.54) is 11.1 Å². The molecule has 0 aromatic heterocycles. The van der Waals surface area contributed by atoms with Gasteiger partial charge in [0.25, 0.3) is 0 Å². The number of ether oxygens (including phenoxy) is 2. The highest BCUT2D eigenvalue weighted by molar-refractivity contribution is 5.40. The molecule has 0 saturated heterocycles. The van der Waals surface area contributed by atoms with Crippen molar-refractivity contribution in [2.75, 3.05) is 19.8 Å². The summed E-state index contributed by atoms with van der Waals surface area (Å²) in [5.41, 5.74) is 5.33. The Kier molecular flexibility index (Phi) is 4.36. The van der Waals surface area contributed by atoms with Crippen LogP contribution in [0.15, 0.2) is 18.2 Å². The fraction of sp³-hybridized carbons (Fsp3) is 0.538. The summed E-state index contributed by atoms with van der Waals surface area (Å²) in [7, 11) is 0. The molecule has 4 heteroatoms. The van der Waals surface area contributed by atoms with E-state index < -0.39 is 0 Å². The Balaban J connectivity index is 2.03. The van der Waals surface area contributed by atoms with Gasteiger partial charge in [0.05, 0.1) is 6.61 Å². The summed E-state index contributed by atoms with van der Waals surface area (Å²) in [6.07, 6.45) is 1.87. The Morgan fingerprint density at radius 1 is 1.53 bits per heavy atom. The standard InChI is InChI=1S/C13H20N2O2/c1-2-16-7-6-12(15-14)10-3-4-13-11(9-10)5-8-17-13/h3-4,9,12,15H,2,5-8,14H2,1H3. The number of hydrazine groups is 1. The van der Waals surface area contributed by atoms with Crippen LogP contribution >= 0.6 is 0 Å². The van der Waals surface area contributed by atoms with E-state index in [9.17, 15) is 0 Å². The Bertz CT molecular complexity index is 368. The summed E-state index contributed by atoms with van der Waals surface area (Å²) in [4.78, 5) is 0. The summed E-state index contributed by atoms with van der Waals surface area (Å²) < 4.78 is 10.8. The molecule has 0 spiro atoms. The van der Waals surface area contributed by atoms with E-state index in [0.717, 1.165) is 38.4 Å². The van der Waals surface area contributed by atoms with E-state index in [1.807, 2.05) is 13.0 Å². The van der Waals surface area contributed by atoms with Gasteiger partial charge < -0.3 is 9.47 Å². The first-order chi connectivity index (χ1) is 8.35. The van der Waals surface area contributed by atoms with Crippen molar-refractivity contribution in [3.8, 4) is 5.75 Å². The van der Waals surface area contributed by atoms with Crippen molar-refractivity contribution in [3.05, 3.63) is 29.3 Å². The van der Waals surface area contributed by atoms with Crippen molar-refractivity contribution in [1.82, 2.24) is 5.43 Å². The van der Waals surface area contributed by atoms with E-state index in [4.69, 9.17) is 15.3 Å². The van der Waals surface area contributed by atoms with Crippen LogP contribution in [0.3, 0.4) is 0 Å². The number of hydrogen-bond acceptors (Lipinski definition) is 4. The van der Waals surface area contributed by atoms with Gasteiger partial charge in [-0.25, -0.2) is 0 Å². The normalized spacial score (nSPS) is 15.4. The van der Waals surface area contributed by atoms with Gasteiger partial charge in [-0.05, 0) is 30.5 Å². The van der Waals surface area contributed by atoms with Crippen LogP contribution in [0.1, 0.15) is 30.5 Å². The van der Waals surface area contributed by atoms with Crippen LogP contribution < -0.4 is 16.0 Å². The summed E-state index contributed by atoms with van der Waals surface area (Å²) in [5, 5.41) is 0. The van der Waals surface area contributed by atoms with Gasteiger partial charge in [-0.3, -0.25) is 11.3 Å². The number of nitrogens with two attached hydrogens (primary N) is 1. The Hall–Kier alpha value is -1.10. The molecule has 0 aliphatic carbocycles. The monoisotopic (exact) mass is 236 g/mol. The van der Waals surface area contributed by atoms with Crippen LogP contribution in [0.25, 0.3) is 0 Å². The lowest BCUT2D eigenvalue weighted by atomic mass is 10.0. The molecule has 1 unspecified atom stereocenters. The van der Waals surface area contributed by atoms with Crippen molar-refractivity contribution in [3.63, 3.8) is 0 Å². The first-order valence-corrected chi connectivity index (χ1v) is 6.14. The van der Waals surface area contributed by atoms with E-state index in [0.29, 0.717) is 0 Å². The second-order valence-corrected chi connectivity index (χ2v) is 4.17. The molecule has 1 heterocycles. The molecule has 0 saturated carbocycles. The molecule has 1 aliphatic rings. The Morgan fingerprint density at radius 2 is 2.41 bits per heavy atom. The van der Waals surface area contributed by atoms with Gasteiger partial charge >= 0.3 is 0 Å². The Morgan fingerprint density at radius 3 is 3.18 bits per heavy atom. The first-order valence-electron chi connectivity index (χ1n) is 6.14. The van der Waals surface area contributed by atoms with Crippen LogP contribution in [0.5, 0.6) is 5.75 Å². The van der Waals surface area contributed by atoms with E-state index in [-0.39, 0.29) is 6.04 Å². The lowest BCUT2D eigenvalue weighted by molar-refractivity contribution is 0.136. The zero-order chi connectivity index (χ0) is 12.1. The largest absolute Gasteiger partial charge is 0.493 e. The van der Waals surface area contributed by atoms with Crippen molar-refractivity contribution in [2.24, 2.45) is 5.84 Å². The maximum atomic E-state index is 5.60.